The first-order valence-electron chi connectivity index (χ1n) is 8.67. The Balaban J connectivity index is 1.84. The van der Waals surface area contributed by atoms with Crippen LogP contribution in [0.4, 0.5) is 4.79 Å². The maximum atomic E-state index is 12.3. The number of piperidine rings is 1. The third kappa shape index (κ3) is 5.47. The average Bonchev–Trinajstić information content (AvgIpc) is 2.60. The van der Waals surface area contributed by atoms with Crippen LogP contribution in [0.15, 0.2) is 24.3 Å². The summed E-state index contributed by atoms with van der Waals surface area (Å²) in [6, 6.07) is 6.31. The van der Waals surface area contributed by atoms with Gasteiger partial charge in [-0.3, -0.25) is 4.79 Å². The molecule has 7 nitrogen and oxygen atoms in total. The van der Waals surface area contributed by atoms with Gasteiger partial charge in [-0.05, 0) is 57.9 Å². The van der Waals surface area contributed by atoms with Crippen molar-refractivity contribution in [2.24, 2.45) is 0 Å². The minimum Gasteiger partial charge on any atom is -0.465 e. The number of benzene rings is 1. The summed E-state index contributed by atoms with van der Waals surface area (Å²) in [4.78, 5) is 37.5. The molecular weight excluding hydrogens is 336 g/mol. The minimum absolute atomic E-state index is 0.00136. The predicted octanol–water partition coefficient (Wildman–Crippen LogP) is 2.60. The molecule has 1 fully saturated rings. The topological polar surface area (TPSA) is 84.9 Å². The van der Waals surface area contributed by atoms with E-state index in [1.54, 1.807) is 29.2 Å². The Morgan fingerprint density at radius 2 is 1.58 bits per heavy atom. The molecule has 1 N–H and O–H groups in total. The van der Waals surface area contributed by atoms with Crippen LogP contribution in [0.1, 0.15) is 54.3 Å². The fourth-order valence-corrected chi connectivity index (χ4v) is 2.68. The van der Waals surface area contributed by atoms with Crippen molar-refractivity contribution in [3.05, 3.63) is 35.4 Å². The lowest BCUT2D eigenvalue weighted by Crippen LogP contribution is -2.47. The van der Waals surface area contributed by atoms with E-state index < -0.39 is 11.6 Å². The number of ether oxygens (including phenoxy) is 2. The second-order valence-electron chi connectivity index (χ2n) is 7.28. The lowest BCUT2D eigenvalue weighted by molar-refractivity contribution is 0.0199. The molecule has 2 rings (SSSR count). The number of hydrogen-bond acceptors (Lipinski definition) is 5. The summed E-state index contributed by atoms with van der Waals surface area (Å²) in [5.41, 5.74) is 0.361. The SMILES string of the molecule is COC(=O)c1ccc(C(=O)NC2CCN(C(=O)OC(C)(C)C)CC2)cc1. The van der Waals surface area contributed by atoms with Crippen molar-refractivity contribution in [1.82, 2.24) is 10.2 Å². The fraction of sp³-hybridized carbons (Fsp3) is 0.526. The Morgan fingerprint density at radius 3 is 2.08 bits per heavy atom. The number of likely N-dealkylation sites (tertiary alicyclic amines) is 1. The molecule has 1 aliphatic rings. The van der Waals surface area contributed by atoms with E-state index in [0.29, 0.717) is 37.1 Å². The van der Waals surface area contributed by atoms with Crippen LogP contribution in [-0.4, -0.2) is 54.7 Å². The van der Waals surface area contributed by atoms with Crippen LogP contribution < -0.4 is 5.32 Å². The number of rotatable bonds is 3. The average molecular weight is 362 g/mol. The number of methoxy groups -OCH3 is 1. The van der Waals surface area contributed by atoms with Gasteiger partial charge in [-0.2, -0.15) is 0 Å². The van der Waals surface area contributed by atoms with E-state index in [4.69, 9.17) is 4.74 Å². The number of esters is 1. The van der Waals surface area contributed by atoms with Gasteiger partial charge in [-0.15, -0.1) is 0 Å². The normalized spacial score (nSPS) is 15.3. The first-order valence-corrected chi connectivity index (χ1v) is 8.67. The highest BCUT2D eigenvalue weighted by Crippen LogP contribution is 2.16. The van der Waals surface area contributed by atoms with Gasteiger partial charge in [0.1, 0.15) is 5.60 Å². The van der Waals surface area contributed by atoms with Gasteiger partial charge in [-0.1, -0.05) is 0 Å². The van der Waals surface area contributed by atoms with E-state index in [-0.39, 0.29) is 18.0 Å². The summed E-state index contributed by atoms with van der Waals surface area (Å²) >= 11 is 0. The molecule has 0 saturated carbocycles. The van der Waals surface area contributed by atoms with Gasteiger partial charge >= 0.3 is 12.1 Å². The lowest BCUT2D eigenvalue weighted by Gasteiger charge is -2.33. The van der Waals surface area contributed by atoms with Crippen LogP contribution >= 0.6 is 0 Å². The molecule has 0 unspecified atom stereocenters. The van der Waals surface area contributed by atoms with Gasteiger partial charge in [0.05, 0.1) is 12.7 Å². The van der Waals surface area contributed by atoms with E-state index in [2.05, 4.69) is 10.1 Å². The number of carbonyl (C=O) groups is 3. The zero-order valence-electron chi connectivity index (χ0n) is 15.7. The predicted molar refractivity (Wildman–Crippen MR) is 96.1 cm³/mol. The molecule has 1 aliphatic heterocycles. The maximum Gasteiger partial charge on any atom is 0.410 e. The third-order valence-electron chi connectivity index (χ3n) is 4.05. The summed E-state index contributed by atoms with van der Waals surface area (Å²) < 4.78 is 10.0. The second-order valence-corrected chi connectivity index (χ2v) is 7.28. The maximum absolute atomic E-state index is 12.3. The molecule has 142 valence electrons. The Bertz CT molecular complexity index is 656. The summed E-state index contributed by atoms with van der Waals surface area (Å²) in [5, 5.41) is 2.97. The van der Waals surface area contributed by atoms with Crippen molar-refractivity contribution in [1.29, 1.82) is 0 Å². The second kappa shape index (κ2) is 8.21. The zero-order chi connectivity index (χ0) is 19.3. The van der Waals surface area contributed by atoms with Crippen LogP contribution in [0.3, 0.4) is 0 Å². The molecule has 1 aromatic carbocycles. The zero-order valence-corrected chi connectivity index (χ0v) is 15.7. The molecule has 1 aromatic rings. The highest BCUT2D eigenvalue weighted by Gasteiger charge is 2.27. The molecule has 0 bridgehead atoms. The first kappa shape index (κ1) is 19.8. The van der Waals surface area contributed by atoms with Gasteiger partial charge in [-0.25, -0.2) is 9.59 Å². The Morgan fingerprint density at radius 1 is 1.04 bits per heavy atom. The molecular formula is C19H26N2O5. The van der Waals surface area contributed by atoms with E-state index in [1.165, 1.54) is 7.11 Å². The first-order chi connectivity index (χ1) is 12.2. The fourth-order valence-electron chi connectivity index (χ4n) is 2.68. The summed E-state index contributed by atoms with van der Waals surface area (Å²) in [6.45, 7) is 6.60. The van der Waals surface area contributed by atoms with Gasteiger partial charge < -0.3 is 19.7 Å². The summed E-state index contributed by atoms with van der Waals surface area (Å²) in [7, 11) is 1.31. The standard InChI is InChI=1S/C19H26N2O5/c1-19(2,3)26-18(24)21-11-9-15(10-12-21)20-16(22)13-5-7-14(8-6-13)17(23)25-4/h5-8,15H,9-12H2,1-4H3,(H,20,22). The quantitative estimate of drug-likeness (QED) is 0.836. The van der Waals surface area contributed by atoms with Crippen LogP contribution in [0.5, 0.6) is 0 Å². The highest BCUT2D eigenvalue weighted by molar-refractivity contribution is 5.96. The Hall–Kier alpha value is -2.57. The molecule has 0 atom stereocenters. The molecule has 1 heterocycles. The summed E-state index contributed by atoms with van der Waals surface area (Å²) in [5.74, 6) is -0.636. The minimum atomic E-state index is -0.515. The molecule has 2 amide bonds. The number of carbonyl (C=O) groups excluding carboxylic acids is 3. The highest BCUT2D eigenvalue weighted by atomic mass is 16.6. The monoisotopic (exact) mass is 362 g/mol. The largest absolute Gasteiger partial charge is 0.465 e. The van der Waals surface area contributed by atoms with Gasteiger partial charge in [0.2, 0.25) is 0 Å². The van der Waals surface area contributed by atoms with Gasteiger partial charge in [0, 0.05) is 24.7 Å². The summed E-state index contributed by atoms with van der Waals surface area (Å²) in [6.07, 6.45) is 1.02. The molecule has 7 heteroatoms. The Kier molecular flexibility index (Phi) is 6.23. The van der Waals surface area contributed by atoms with Crippen molar-refractivity contribution < 1.29 is 23.9 Å². The number of hydrogen-bond donors (Lipinski definition) is 1. The van der Waals surface area contributed by atoms with Crippen LogP contribution in [0, 0.1) is 0 Å². The molecule has 0 spiro atoms. The molecule has 0 radical (unpaired) electrons. The van der Waals surface area contributed by atoms with Crippen LogP contribution in [0.2, 0.25) is 0 Å². The van der Waals surface area contributed by atoms with Crippen LogP contribution in [0.25, 0.3) is 0 Å². The van der Waals surface area contributed by atoms with E-state index >= 15 is 0 Å². The van der Waals surface area contributed by atoms with Gasteiger partial charge in [0.15, 0.2) is 0 Å². The molecule has 0 aromatic heterocycles. The number of amides is 2. The molecule has 1 saturated heterocycles. The smallest absolute Gasteiger partial charge is 0.410 e. The lowest BCUT2D eigenvalue weighted by atomic mass is 10.0. The number of nitrogens with zero attached hydrogens (tertiary/aromatic N) is 1. The van der Waals surface area contributed by atoms with Crippen molar-refractivity contribution in [3.63, 3.8) is 0 Å². The van der Waals surface area contributed by atoms with Gasteiger partial charge in [0.25, 0.3) is 5.91 Å². The Labute approximate surface area is 153 Å². The third-order valence-corrected chi connectivity index (χ3v) is 4.05. The van der Waals surface area contributed by atoms with Crippen molar-refractivity contribution in [2.45, 2.75) is 45.3 Å². The van der Waals surface area contributed by atoms with Crippen molar-refractivity contribution in [3.8, 4) is 0 Å². The van der Waals surface area contributed by atoms with E-state index in [9.17, 15) is 14.4 Å². The van der Waals surface area contributed by atoms with Crippen molar-refractivity contribution in [2.75, 3.05) is 20.2 Å². The van der Waals surface area contributed by atoms with Crippen LogP contribution in [-0.2, 0) is 9.47 Å². The van der Waals surface area contributed by atoms with E-state index in [0.717, 1.165) is 0 Å². The molecule has 0 aliphatic carbocycles. The molecule has 26 heavy (non-hydrogen) atoms. The van der Waals surface area contributed by atoms with Crippen molar-refractivity contribution >= 4 is 18.0 Å². The van der Waals surface area contributed by atoms with E-state index in [1.807, 2.05) is 20.8 Å². The number of nitrogens with one attached hydrogen (secondary N) is 1.